The first-order valence-corrected chi connectivity index (χ1v) is 15.2. The van der Waals surface area contributed by atoms with Crippen molar-refractivity contribution in [3.63, 3.8) is 0 Å². The van der Waals surface area contributed by atoms with E-state index in [4.69, 9.17) is 23.2 Å². The van der Waals surface area contributed by atoms with E-state index in [1.165, 1.54) is 17.8 Å². The fraction of sp³-hybridized carbons (Fsp3) is 0.267. The molecular formula is C30H31Cl2N7O2S. The number of anilines is 1. The Bertz CT molecular complexity index is 1540. The predicted octanol–water partition coefficient (Wildman–Crippen LogP) is 8.27. The topological polar surface area (TPSA) is 114 Å². The van der Waals surface area contributed by atoms with Crippen LogP contribution in [0.15, 0.2) is 88.2 Å². The number of nitrogens with one attached hydrogen (secondary N) is 2. The molecule has 42 heavy (non-hydrogen) atoms. The Balaban J connectivity index is 1.39. The van der Waals surface area contributed by atoms with Crippen LogP contribution in [-0.2, 0) is 11.3 Å². The van der Waals surface area contributed by atoms with Gasteiger partial charge in [0.15, 0.2) is 11.0 Å². The third kappa shape index (κ3) is 8.64. The van der Waals surface area contributed by atoms with Crippen molar-refractivity contribution in [1.82, 2.24) is 20.1 Å². The molecule has 3 aromatic carbocycles. The summed E-state index contributed by atoms with van der Waals surface area (Å²) in [6.45, 7) is 6.68. The van der Waals surface area contributed by atoms with Gasteiger partial charge in [0.05, 0.1) is 33.8 Å². The standard InChI is InChI=1S/C30H31Cl2N7O2S/c1-4-39-28(26(16-19(2)3)34-29(41)24-15-10-20(31)17-25(24)32)37-38-30(39)42-18-27(40)33-21-11-13-23(14-12-21)36-35-22-8-6-5-7-9-22/h5-15,17,19,26H,4,16,18H2,1-3H3,(H,33,40)(H,34,41)/t26-/m0/s1. The van der Waals surface area contributed by atoms with Crippen molar-refractivity contribution in [3.8, 4) is 0 Å². The molecule has 12 heteroatoms. The third-order valence-electron chi connectivity index (χ3n) is 6.08. The number of hydrogen-bond acceptors (Lipinski definition) is 7. The summed E-state index contributed by atoms with van der Waals surface area (Å²) in [7, 11) is 0. The van der Waals surface area contributed by atoms with Crippen LogP contribution >= 0.6 is 35.0 Å². The number of amides is 2. The molecule has 0 aliphatic carbocycles. The van der Waals surface area contributed by atoms with E-state index in [0.717, 1.165) is 5.69 Å². The minimum Gasteiger partial charge on any atom is -0.342 e. The maximum Gasteiger partial charge on any atom is 0.253 e. The van der Waals surface area contributed by atoms with E-state index in [1.54, 1.807) is 36.4 Å². The minimum atomic E-state index is -0.405. The van der Waals surface area contributed by atoms with Gasteiger partial charge in [-0.2, -0.15) is 10.2 Å². The molecule has 4 aromatic rings. The number of thioether (sulfide) groups is 1. The van der Waals surface area contributed by atoms with Crippen LogP contribution in [-0.4, -0.2) is 32.3 Å². The number of carbonyl (C=O) groups excluding carboxylic acids is 2. The van der Waals surface area contributed by atoms with Gasteiger partial charge < -0.3 is 15.2 Å². The fourth-order valence-corrected chi connectivity index (χ4v) is 5.42. The number of carbonyl (C=O) groups is 2. The van der Waals surface area contributed by atoms with Crippen LogP contribution in [0.25, 0.3) is 0 Å². The molecule has 0 aliphatic heterocycles. The molecule has 0 bridgehead atoms. The van der Waals surface area contributed by atoms with Crippen molar-refractivity contribution >= 4 is 63.8 Å². The molecule has 0 aliphatic rings. The van der Waals surface area contributed by atoms with E-state index >= 15 is 0 Å². The van der Waals surface area contributed by atoms with Gasteiger partial charge in [-0.1, -0.05) is 67.0 Å². The van der Waals surface area contributed by atoms with Crippen LogP contribution < -0.4 is 10.6 Å². The average molecular weight is 625 g/mol. The number of rotatable bonds is 12. The Labute approximate surface area is 259 Å². The monoisotopic (exact) mass is 623 g/mol. The molecular weight excluding hydrogens is 593 g/mol. The van der Waals surface area contributed by atoms with E-state index in [9.17, 15) is 9.59 Å². The smallest absolute Gasteiger partial charge is 0.253 e. The number of nitrogens with zero attached hydrogens (tertiary/aromatic N) is 5. The summed E-state index contributed by atoms with van der Waals surface area (Å²) < 4.78 is 1.92. The Morgan fingerprint density at radius 1 is 0.952 bits per heavy atom. The summed E-state index contributed by atoms with van der Waals surface area (Å²) in [5.74, 6) is 0.512. The Hall–Kier alpha value is -3.73. The van der Waals surface area contributed by atoms with Gasteiger partial charge in [0.2, 0.25) is 5.91 Å². The third-order valence-corrected chi connectivity index (χ3v) is 7.60. The number of hydrogen-bond donors (Lipinski definition) is 2. The second-order valence-electron chi connectivity index (χ2n) is 9.78. The first-order chi connectivity index (χ1) is 20.2. The summed E-state index contributed by atoms with van der Waals surface area (Å²) in [6.07, 6.45) is 0.640. The lowest BCUT2D eigenvalue weighted by molar-refractivity contribution is -0.113. The molecule has 0 saturated carbocycles. The second kappa shape index (κ2) is 14.9. The van der Waals surface area contributed by atoms with Crippen molar-refractivity contribution < 1.29 is 9.59 Å². The Morgan fingerprint density at radius 2 is 1.64 bits per heavy atom. The Morgan fingerprint density at radius 3 is 2.29 bits per heavy atom. The number of aromatic nitrogens is 3. The number of benzene rings is 3. The lowest BCUT2D eigenvalue weighted by Crippen LogP contribution is -2.31. The fourth-order valence-electron chi connectivity index (χ4n) is 4.12. The van der Waals surface area contributed by atoms with Crippen LogP contribution in [0.1, 0.15) is 49.4 Å². The first-order valence-electron chi connectivity index (χ1n) is 13.4. The van der Waals surface area contributed by atoms with E-state index < -0.39 is 6.04 Å². The Kier molecular flexibility index (Phi) is 11.1. The zero-order chi connectivity index (χ0) is 30.1. The molecule has 1 heterocycles. The molecule has 2 N–H and O–H groups in total. The van der Waals surface area contributed by atoms with Gasteiger partial charge in [0.25, 0.3) is 5.91 Å². The van der Waals surface area contributed by atoms with Gasteiger partial charge in [-0.05, 0) is 73.9 Å². The quantitative estimate of drug-likeness (QED) is 0.122. The van der Waals surface area contributed by atoms with Crippen molar-refractivity contribution in [2.24, 2.45) is 16.1 Å². The normalized spacial score (nSPS) is 12.0. The van der Waals surface area contributed by atoms with E-state index in [-0.39, 0.29) is 28.5 Å². The van der Waals surface area contributed by atoms with E-state index in [1.807, 2.05) is 41.8 Å². The average Bonchev–Trinajstić information content (AvgIpc) is 3.38. The number of azo groups is 1. The molecule has 0 fully saturated rings. The highest BCUT2D eigenvalue weighted by Gasteiger charge is 2.25. The summed E-state index contributed by atoms with van der Waals surface area (Å²) in [5.41, 5.74) is 2.42. The zero-order valence-corrected chi connectivity index (χ0v) is 25.7. The highest BCUT2D eigenvalue weighted by Crippen LogP contribution is 2.27. The largest absolute Gasteiger partial charge is 0.342 e. The van der Waals surface area contributed by atoms with E-state index in [0.29, 0.717) is 45.9 Å². The molecule has 0 saturated heterocycles. The number of halogens is 2. The van der Waals surface area contributed by atoms with Gasteiger partial charge >= 0.3 is 0 Å². The lowest BCUT2D eigenvalue weighted by Gasteiger charge is -2.21. The first kappa shape index (κ1) is 31.2. The van der Waals surface area contributed by atoms with Crippen molar-refractivity contribution in [1.29, 1.82) is 0 Å². The van der Waals surface area contributed by atoms with E-state index in [2.05, 4.69) is 44.9 Å². The van der Waals surface area contributed by atoms with Crippen molar-refractivity contribution in [3.05, 3.63) is 94.2 Å². The molecule has 1 aromatic heterocycles. The summed E-state index contributed by atoms with van der Waals surface area (Å²) in [4.78, 5) is 25.8. The van der Waals surface area contributed by atoms with Crippen molar-refractivity contribution in [2.75, 3.05) is 11.1 Å². The van der Waals surface area contributed by atoms with Crippen molar-refractivity contribution in [2.45, 2.75) is 44.9 Å². The van der Waals surface area contributed by atoms with Gasteiger partial charge in [-0.25, -0.2) is 0 Å². The van der Waals surface area contributed by atoms with Gasteiger partial charge in [0.1, 0.15) is 0 Å². The van der Waals surface area contributed by atoms with Gasteiger partial charge in [0, 0.05) is 17.3 Å². The van der Waals surface area contributed by atoms with Gasteiger partial charge in [-0.3, -0.25) is 9.59 Å². The molecule has 9 nitrogen and oxygen atoms in total. The second-order valence-corrected chi connectivity index (χ2v) is 11.6. The molecule has 4 rings (SSSR count). The van der Waals surface area contributed by atoms with Crippen LogP contribution in [0.4, 0.5) is 17.1 Å². The summed E-state index contributed by atoms with van der Waals surface area (Å²) >= 11 is 13.5. The SMILES string of the molecule is CCn1c(SCC(=O)Nc2ccc(N=Nc3ccccc3)cc2)nnc1[C@H](CC(C)C)NC(=O)c1ccc(Cl)cc1Cl. The molecule has 0 radical (unpaired) electrons. The van der Waals surface area contributed by atoms with Crippen LogP contribution in [0.3, 0.4) is 0 Å². The van der Waals surface area contributed by atoms with Crippen LogP contribution in [0.2, 0.25) is 10.0 Å². The summed E-state index contributed by atoms with van der Waals surface area (Å²) in [6, 6.07) is 20.9. The summed E-state index contributed by atoms with van der Waals surface area (Å²) in [5, 5.41) is 24.4. The minimum absolute atomic E-state index is 0.134. The zero-order valence-electron chi connectivity index (χ0n) is 23.4. The predicted molar refractivity (Wildman–Crippen MR) is 168 cm³/mol. The lowest BCUT2D eigenvalue weighted by atomic mass is 10.0. The highest BCUT2D eigenvalue weighted by molar-refractivity contribution is 7.99. The highest BCUT2D eigenvalue weighted by atomic mass is 35.5. The maximum absolute atomic E-state index is 13.1. The molecule has 1 atom stereocenters. The molecule has 0 spiro atoms. The van der Waals surface area contributed by atoms with Crippen LogP contribution in [0.5, 0.6) is 0 Å². The molecule has 2 amide bonds. The molecule has 218 valence electrons. The molecule has 0 unspecified atom stereocenters. The van der Waals surface area contributed by atoms with Crippen LogP contribution in [0, 0.1) is 5.92 Å². The maximum atomic E-state index is 13.1. The van der Waals surface area contributed by atoms with Gasteiger partial charge in [-0.15, -0.1) is 10.2 Å².